The van der Waals surface area contributed by atoms with E-state index >= 15 is 0 Å². The zero-order chi connectivity index (χ0) is 17.1. The normalized spacial score (nSPS) is 32.8. The van der Waals surface area contributed by atoms with Crippen LogP contribution in [-0.2, 0) is 9.53 Å². The molecule has 1 aromatic rings. The molecule has 2 unspecified atom stereocenters. The van der Waals surface area contributed by atoms with E-state index in [4.69, 9.17) is 9.84 Å². The zero-order valence-electron chi connectivity index (χ0n) is 11.9. The first-order chi connectivity index (χ1) is 10.8. The van der Waals surface area contributed by atoms with E-state index in [9.17, 15) is 30.3 Å². The number of benzene rings is 1. The number of carbonyl (C=O) groups excluding carboxylic acids is 1. The van der Waals surface area contributed by atoms with Gasteiger partial charge < -0.3 is 35.4 Å². The summed E-state index contributed by atoms with van der Waals surface area (Å²) in [5, 5.41) is 57.1. The van der Waals surface area contributed by atoms with Crippen LogP contribution in [0.25, 0.3) is 6.08 Å². The third-order valence-electron chi connectivity index (χ3n) is 3.56. The third kappa shape index (κ3) is 3.94. The number of ketones is 1. The third-order valence-corrected chi connectivity index (χ3v) is 3.56. The van der Waals surface area contributed by atoms with Gasteiger partial charge in [-0.3, -0.25) is 4.79 Å². The fraction of sp³-hybridized carbons (Fsp3) is 0.400. The lowest BCUT2D eigenvalue weighted by atomic mass is 9.93. The van der Waals surface area contributed by atoms with Gasteiger partial charge in [-0.25, -0.2) is 0 Å². The maximum absolute atomic E-state index is 11.9. The van der Waals surface area contributed by atoms with Crippen LogP contribution in [0.15, 0.2) is 30.3 Å². The van der Waals surface area contributed by atoms with Gasteiger partial charge in [-0.2, -0.15) is 0 Å². The summed E-state index contributed by atoms with van der Waals surface area (Å²) >= 11 is 0. The molecule has 0 spiro atoms. The summed E-state index contributed by atoms with van der Waals surface area (Å²) in [6.45, 7) is 0. The highest BCUT2D eigenvalue weighted by atomic mass is 16.6. The van der Waals surface area contributed by atoms with Crippen molar-refractivity contribution in [3.8, 4) is 5.75 Å². The summed E-state index contributed by atoms with van der Waals surface area (Å²) in [5.41, 5.74) is 0.587. The Morgan fingerprint density at radius 2 is 1.65 bits per heavy atom. The van der Waals surface area contributed by atoms with Crippen molar-refractivity contribution in [2.24, 2.45) is 0 Å². The number of aliphatic hydroxyl groups is 5. The predicted molar refractivity (Wildman–Crippen MR) is 77.1 cm³/mol. The van der Waals surface area contributed by atoms with Gasteiger partial charge >= 0.3 is 0 Å². The Kier molecular flexibility index (Phi) is 5.47. The lowest BCUT2D eigenvalue weighted by Crippen LogP contribution is -2.61. The molecular formula is C15H18O8. The van der Waals surface area contributed by atoms with Gasteiger partial charge in [-0.05, 0) is 23.8 Å². The van der Waals surface area contributed by atoms with Crippen LogP contribution in [0.2, 0.25) is 0 Å². The highest BCUT2D eigenvalue weighted by Gasteiger charge is 2.47. The Labute approximate surface area is 131 Å². The molecule has 0 radical (unpaired) electrons. The Hall–Kier alpha value is -1.81. The molecule has 0 aromatic heterocycles. The minimum absolute atomic E-state index is 0.0637. The quantitative estimate of drug-likeness (QED) is 0.353. The smallest absolute Gasteiger partial charge is 0.186 e. The zero-order valence-corrected chi connectivity index (χ0v) is 11.9. The Morgan fingerprint density at radius 3 is 2.26 bits per heavy atom. The Bertz CT molecular complexity index is 569. The van der Waals surface area contributed by atoms with Crippen LogP contribution >= 0.6 is 0 Å². The minimum atomic E-state index is -1.84. The van der Waals surface area contributed by atoms with Gasteiger partial charge in [-0.1, -0.05) is 18.2 Å². The molecule has 8 heteroatoms. The summed E-state index contributed by atoms with van der Waals surface area (Å²) in [7, 11) is 0. The van der Waals surface area contributed by atoms with Crippen LogP contribution in [0.3, 0.4) is 0 Å². The molecule has 8 nitrogen and oxygen atoms in total. The molecule has 0 saturated carbocycles. The van der Waals surface area contributed by atoms with Crippen molar-refractivity contribution >= 4 is 11.9 Å². The molecular weight excluding hydrogens is 308 g/mol. The topological polar surface area (TPSA) is 148 Å². The molecule has 6 N–H and O–H groups in total. The molecule has 1 aromatic carbocycles. The SMILES string of the molecule is O=C(C=Cc1ccc(O)cc1)C(O)[C@H]1OC(O)[C@H](O)[C@@H](O)[C@@H]1O. The van der Waals surface area contributed by atoms with Crippen LogP contribution in [0, 0.1) is 0 Å². The second kappa shape index (κ2) is 7.18. The maximum atomic E-state index is 11.9. The van der Waals surface area contributed by atoms with Crippen molar-refractivity contribution in [3.05, 3.63) is 35.9 Å². The van der Waals surface area contributed by atoms with Crippen molar-refractivity contribution < 1.29 is 40.2 Å². The number of hydrogen-bond acceptors (Lipinski definition) is 8. The van der Waals surface area contributed by atoms with Crippen molar-refractivity contribution in [2.45, 2.75) is 36.8 Å². The van der Waals surface area contributed by atoms with E-state index in [1.807, 2.05) is 0 Å². The minimum Gasteiger partial charge on any atom is -0.508 e. The van der Waals surface area contributed by atoms with Crippen LogP contribution < -0.4 is 0 Å². The van der Waals surface area contributed by atoms with E-state index in [1.54, 1.807) is 12.1 Å². The molecule has 6 atom stereocenters. The standard InChI is InChI=1S/C15H18O8/c16-8-4-1-7(2-5-8)3-6-9(17)10(18)14-12(20)11(19)13(21)15(22)23-14/h1-6,10-16,18-22H/t10?,11-,12-,13+,14+,15?/m0/s1. The van der Waals surface area contributed by atoms with Crippen LogP contribution in [0.4, 0.5) is 0 Å². The summed E-state index contributed by atoms with van der Waals surface area (Å²) < 4.78 is 4.79. The molecule has 1 heterocycles. The molecule has 0 bridgehead atoms. The number of ether oxygens (including phenoxy) is 1. The monoisotopic (exact) mass is 326 g/mol. The highest BCUT2D eigenvalue weighted by Crippen LogP contribution is 2.23. The molecule has 126 valence electrons. The molecule has 1 fully saturated rings. The van der Waals surface area contributed by atoms with Crippen molar-refractivity contribution in [1.29, 1.82) is 0 Å². The van der Waals surface area contributed by atoms with Crippen molar-refractivity contribution in [1.82, 2.24) is 0 Å². The largest absolute Gasteiger partial charge is 0.508 e. The molecule has 0 amide bonds. The molecule has 1 aliphatic rings. The second-order valence-electron chi connectivity index (χ2n) is 5.24. The van der Waals surface area contributed by atoms with E-state index in [2.05, 4.69) is 0 Å². The first-order valence-electron chi connectivity index (χ1n) is 6.88. The summed E-state index contributed by atoms with van der Waals surface area (Å²) in [6, 6.07) is 5.92. The van der Waals surface area contributed by atoms with Gasteiger partial charge in [0.1, 0.15) is 36.3 Å². The molecule has 2 rings (SSSR count). The Balaban J connectivity index is 2.05. The average Bonchev–Trinajstić information content (AvgIpc) is 2.54. The van der Waals surface area contributed by atoms with Gasteiger partial charge in [0.15, 0.2) is 12.1 Å². The van der Waals surface area contributed by atoms with Crippen LogP contribution in [-0.4, -0.2) is 73.2 Å². The fourth-order valence-electron chi connectivity index (χ4n) is 2.17. The lowest BCUT2D eigenvalue weighted by Gasteiger charge is -2.39. The number of aromatic hydroxyl groups is 1. The van der Waals surface area contributed by atoms with Crippen molar-refractivity contribution in [2.75, 3.05) is 0 Å². The van der Waals surface area contributed by atoms with Gasteiger partial charge in [0, 0.05) is 0 Å². The number of phenols is 1. The lowest BCUT2D eigenvalue weighted by molar-refractivity contribution is -0.293. The van der Waals surface area contributed by atoms with E-state index in [-0.39, 0.29) is 5.75 Å². The molecule has 0 aliphatic carbocycles. The highest BCUT2D eigenvalue weighted by molar-refractivity contribution is 5.97. The summed E-state index contributed by atoms with van der Waals surface area (Å²) in [5.74, 6) is -0.758. The molecule has 23 heavy (non-hydrogen) atoms. The van der Waals surface area contributed by atoms with Gasteiger partial charge in [0.05, 0.1) is 0 Å². The van der Waals surface area contributed by atoms with Gasteiger partial charge in [0.2, 0.25) is 0 Å². The van der Waals surface area contributed by atoms with E-state index in [0.29, 0.717) is 5.56 Å². The van der Waals surface area contributed by atoms with Gasteiger partial charge in [-0.15, -0.1) is 0 Å². The first kappa shape index (κ1) is 17.5. The summed E-state index contributed by atoms with van der Waals surface area (Å²) in [6.07, 6.45) is -8.08. The van der Waals surface area contributed by atoms with E-state index in [0.717, 1.165) is 6.08 Å². The number of aliphatic hydroxyl groups excluding tert-OH is 5. The van der Waals surface area contributed by atoms with Gasteiger partial charge in [0.25, 0.3) is 0 Å². The van der Waals surface area contributed by atoms with Crippen LogP contribution in [0.1, 0.15) is 5.56 Å². The first-order valence-corrected chi connectivity index (χ1v) is 6.88. The number of carbonyl (C=O) groups is 1. The fourth-order valence-corrected chi connectivity index (χ4v) is 2.17. The average molecular weight is 326 g/mol. The maximum Gasteiger partial charge on any atom is 0.186 e. The van der Waals surface area contributed by atoms with Crippen molar-refractivity contribution in [3.63, 3.8) is 0 Å². The van der Waals surface area contributed by atoms with E-state index < -0.39 is 42.6 Å². The number of rotatable bonds is 4. The molecule has 1 saturated heterocycles. The Morgan fingerprint density at radius 1 is 1.04 bits per heavy atom. The second-order valence-corrected chi connectivity index (χ2v) is 5.24. The summed E-state index contributed by atoms with van der Waals surface area (Å²) in [4.78, 5) is 11.9. The van der Waals surface area contributed by atoms with E-state index in [1.165, 1.54) is 18.2 Å². The van der Waals surface area contributed by atoms with Crippen LogP contribution in [0.5, 0.6) is 5.75 Å². The number of hydrogen-bond donors (Lipinski definition) is 6. The number of phenolic OH excluding ortho intramolecular Hbond substituents is 1. The molecule has 1 aliphatic heterocycles. The predicted octanol–water partition coefficient (Wildman–Crippen LogP) is -1.86.